The van der Waals surface area contributed by atoms with Gasteiger partial charge < -0.3 is 25.6 Å². The predicted octanol–water partition coefficient (Wildman–Crippen LogP) is 3.74. The van der Waals surface area contributed by atoms with Gasteiger partial charge in [-0.05, 0) is 36.8 Å². The molecule has 0 spiro atoms. The van der Waals surface area contributed by atoms with E-state index in [1.54, 1.807) is 13.1 Å². The van der Waals surface area contributed by atoms with Gasteiger partial charge >= 0.3 is 0 Å². The molecule has 1 amide bonds. The Kier molecular flexibility index (Phi) is 10.2. The summed E-state index contributed by atoms with van der Waals surface area (Å²) in [5.41, 5.74) is 1.86. The lowest BCUT2D eigenvalue weighted by Crippen LogP contribution is -2.45. The number of nitrogens with zero attached hydrogens (tertiary/aromatic N) is 2. The van der Waals surface area contributed by atoms with Crippen molar-refractivity contribution in [2.45, 2.75) is 19.4 Å². The molecule has 2 aromatic rings. The quantitative estimate of drug-likeness (QED) is 0.209. The van der Waals surface area contributed by atoms with Crippen LogP contribution in [0.1, 0.15) is 13.3 Å². The van der Waals surface area contributed by atoms with Crippen LogP contribution in [0.15, 0.2) is 53.5 Å². The molecule has 1 atom stereocenters. The van der Waals surface area contributed by atoms with Crippen molar-refractivity contribution in [2.75, 3.05) is 43.5 Å². The second-order valence-electron chi connectivity index (χ2n) is 7.11. The average Bonchev–Trinajstić information content (AvgIpc) is 3.19. The molecule has 1 unspecified atom stereocenters. The van der Waals surface area contributed by atoms with Crippen LogP contribution in [0.3, 0.4) is 0 Å². The van der Waals surface area contributed by atoms with Crippen LogP contribution in [0, 0.1) is 0 Å². The van der Waals surface area contributed by atoms with Crippen molar-refractivity contribution in [2.24, 2.45) is 4.99 Å². The summed E-state index contributed by atoms with van der Waals surface area (Å²) in [6.45, 7) is 4.43. The Balaban J connectivity index is 0.00000341. The van der Waals surface area contributed by atoms with E-state index in [-0.39, 0.29) is 29.9 Å². The number of guanidine groups is 1. The molecule has 1 saturated heterocycles. The molecule has 9 heteroatoms. The number of benzene rings is 2. The smallest absolute Gasteiger partial charge is 0.221 e. The maximum Gasteiger partial charge on any atom is 0.221 e. The van der Waals surface area contributed by atoms with Crippen LogP contribution in [-0.2, 0) is 4.79 Å². The first-order valence-electron chi connectivity index (χ1n) is 10.0. The molecule has 1 heterocycles. The maximum atomic E-state index is 11.2. The van der Waals surface area contributed by atoms with E-state index in [0.29, 0.717) is 24.9 Å². The molecular weight excluding hydrogens is 529 g/mol. The van der Waals surface area contributed by atoms with E-state index in [9.17, 15) is 4.79 Å². The van der Waals surface area contributed by atoms with Gasteiger partial charge in [0.1, 0.15) is 12.4 Å². The van der Waals surface area contributed by atoms with Gasteiger partial charge in [-0.15, -0.1) is 24.0 Å². The van der Waals surface area contributed by atoms with Crippen LogP contribution in [-0.4, -0.2) is 51.2 Å². The van der Waals surface area contributed by atoms with Crippen LogP contribution in [0.5, 0.6) is 5.75 Å². The fraction of sp³-hybridized carbons (Fsp3) is 0.364. The highest BCUT2D eigenvalue weighted by Gasteiger charge is 2.23. The molecule has 1 aliphatic rings. The fourth-order valence-electron chi connectivity index (χ4n) is 3.38. The topological polar surface area (TPSA) is 78.0 Å². The third-order valence-corrected chi connectivity index (χ3v) is 4.98. The van der Waals surface area contributed by atoms with Gasteiger partial charge in [0.15, 0.2) is 5.96 Å². The first-order chi connectivity index (χ1) is 14.5. The zero-order chi connectivity index (χ0) is 21.3. The molecular formula is C22H29ClIN5O2. The van der Waals surface area contributed by atoms with E-state index in [1.807, 2.05) is 36.4 Å². The number of hydrogen-bond donors (Lipinski definition) is 3. The minimum Gasteiger partial charge on any atom is -0.492 e. The lowest BCUT2D eigenvalue weighted by atomic mass is 10.3. The van der Waals surface area contributed by atoms with Gasteiger partial charge in [-0.2, -0.15) is 0 Å². The number of amides is 1. The van der Waals surface area contributed by atoms with Crippen molar-refractivity contribution in [3.05, 3.63) is 53.6 Å². The molecule has 0 saturated carbocycles. The normalized spacial score (nSPS) is 15.8. The Hall–Kier alpha value is -2.20. The maximum absolute atomic E-state index is 11.2. The summed E-state index contributed by atoms with van der Waals surface area (Å²) in [4.78, 5) is 17.8. The largest absolute Gasteiger partial charge is 0.492 e. The van der Waals surface area contributed by atoms with Crippen molar-refractivity contribution in [1.29, 1.82) is 0 Å². The summed E-state index contributed by atoms with van der Waals surface area (Å²) in [6, 6.07) is 15.6. The zero-order valence-corrected chi connectivity index (χ0v) is 20.8. The number of ether oxygens (including phenoxy) is 1. The second kappa shape index (κ2) is 12.6. The van der Waals surface area contributed by atoms with Crippen LogP contribution >= 0.6 is 35.6 Å². The number of aliphatic imine (C=N–C) groups is 1. The summed E-state index contributed by atoms with van der Waals surface area (Å²) >= 11 is 6.11. The molecule has 168 valence electrons. The first kappa shape index (κ1) is 25.1. The van der Waals surface area contributed by atoms with Crippen molar-refractivity contribution in [1.82, 2.24) is 10.6 Å². The predicted molar refractivity (Wildman–Crippen MR) is 138 cm³/mol. The summed E-state index contributed by atoms with van der Waals surface area (Å²) in [7, 11) is 1.76. The minimum atomic E-state index is -0.107. The van der Waals surface area contributed by atoms with Gasteiger partial charge in [-0.1, -0.05) is 23.7 Å². The summed E-state index contributed by atoms with van der Waals surface area (Å²) in [5, 5.41) is 10.3. The Labute approximate surface area is 205 Å². The molecule has 0 aromatic heterocycles. The highest BCUT2D eigenvalue weighted by atomic mass is 127. The zero-order valence-electron chi connectivity index (χ0n) is 17.7. The van der Waals surface area contributed by atoms with Gasteiger partial charge in [0.2, 0.25) is 5.91 Å². The minimum absolute atomic E-state index is 0. The summed E-state index contributed by atoms with van der Waals surface area (Å²) in [6.07, 6.45) is 1.03. The van der Waals surface area contributed by atoms with Crippen molar-refractivity contribution >= 4 is 58.8 Å². The van der Waals surface area contributed by atoms with E-state index in [1.165, 1.54) is 6.92 Å². The number of rotatable bonds is 7. The Morgan fingerprint density at radius 2 is 2.06 bits per heavy atom. The average molecular weight is 558 g/mol. The van der Waals surface area contributed by atoms with Gasteiger partial charge in [-0.25, -0.2) is 0 Å². The Morgan fingerprint density at radius 1 is 1.26 bits per heavy atom. The van der Waals surface area contributed by atoms with Crippen LogP contribution in [0.2, 0.25) is 5.02 Å². The van der Waals surface area contributed by atoms with E-state index in [4.69, 9.17) is 16.3 Å². The Bertz CT molecular complexity index is 896. The van der Waals surface area contributed by atoms with E-state index < -0.39 is 0 Å². The molecule has 1 fully saturated rings. The molecule has 7 nitrogen and oxygen atoms in total. The number of halogens is 2. The molecule has 2 aromatic carbocycles. The van der Waals surface area contributed by atoms with E-state index in [0.717, 1.165) is 41.9 Å². The molecule has 31 heavy (non-hydrogen) atoms. The third kappa shape index (κ3) is 8.10. The first-order valence-corrected chi connectivity index (χ1v) is 10.4. The number of carbonyl (C=O) groups excluding carboxylic acids is 1. The lowest BCUT2D eigenvalue weighted by Gasteiger charge is -2.20. The van der Waals surface area contributed by atoms with Crippen molar-refractivity contribution in [3.8, 4) is 5.75 Å². The van der Waals surface area contributed by atoms with Crippen LogP contribution in [0.4, 0.5) is 11.4 Å². The van der Waals surface area contributed by atoms with Gasteiger partial charge in [0.25, 0.3) is 0 Å². The highest BCUT2D eigenvalue weighted by Crippen LogP contribution is 2.23. The van der Waals surface area contributed by atoms with Gasteiger partial charge in [0, 0.05) is 55.6 Å². The molecule has 3 N–H and O–H groups in total. The summed E-state index contributed by atoms with van der Waals surface area (Å²) < 4.78 is 5.76. The van der Waals surface area contributed by atoms with E-state index in [2.05, 4.69) is 31.9 Å². The summed E-state index contributed by atoms with van der Waals surface area (Å²) in [5.74, 6) is 1.35. The molecule has 0 aliphatic carbocycles. The van der Waals surface area contributed by atoms with Gasteiger partial charge in [-0.3, -0.25) is 9.79 Å². The molecule has 0 radical (unpaired) electrons. The number of carbonyl (C=O) groups is 1. The van der Waals surface area contributed by atoms with Crippen molar-refractivity contribution < 1.29 is 9.53 Å². The number of nitrogens with one attached hydrogen (secondary N) is 3. The lowest BCUT2D eigenvalue weighted by molar-refractivity contribution is -0.114. The number of anilines is 2. The second-order valence-corrected chi connectivity index (χ2v) is 7.55. The SMILES string of the molecule is CN=C(NCCOc1cccc(NC(C)=O)c1)NC1CCN(c2cccc(Cl)c2)C1.I. The monoisotopic (exact) mass is 557 g/mol. The molecule has 0 bridgehead atoms. The molecule has 3 rings (SSSR count). The van der Waals surface area contributed by atoms with Crippen LogP contribution in [0.25, 0.3) is 0 Å². The molecule has 1 aliphatic heterocycles. The highest BCUT2D eigenvalue weighted by molar-refractivity contribution is 14.0. The van der Waals surface area contributed by atoms with Gasteiger partial charge in [0.05, 0.1) is 6.54 Å². The third-order valence-electron chi connectivity index (χ3n) is 4.74. The van der Waals surface area contributed by atoms with E-state index >= 15 is 0 Å². The van der Waals surface area contributed by atoms with Crippen LogP contribution < -0.4 is 25.6 Å². The number of hydrogen-bond acceptors (Lipinski definition) is 4. The van der Waals surface area contributed by atoms with Crippen molar-refractivity contribution in [3.63, 3.8) is 0 Å². The standard InChI is InChI=1S/C22H28ClN5O2.HI/c1-16(29)26-18-6-4-8-21(14-18)30-12-10-25-22(24-2)27-19-9-11-28(15-19)20-7-3-5-17(23)13-20;/h3-8,13-14,19H,9-12,15H2,1-2H3,(H,26,29)(H2,24,25,27);1H. The fourth-order valence-corrected chi connectivity index (χ4v) is 3.56. The Morgan fingerprint density at radius 3 is 2.81 bits per heavy atom.